The molecule has 0 radical (unpaired) electrons. The topological polar surface area (TPSA) is 26.3 Å². The number of ketones is 1. The third kappa shape index (κ3) is 3.09. The van der Waals surface area contributed by atoms with Crippen molar-refractivity contribution in [1.29, 1.82) is 0 Å². The van der Waals surface area contributed by atoms with E-state index < -0.39 is 0 Å². The molecule has 0 saturated heterocycles. The van der Waals surface area contributed by atoms with Gasteiger partial charge in [-0.25, -0.2) is 0 Å². The Morgan fingerprint density at radius 1 is 1.35 bits per heavy atom. The molecule has 1 aromatic rings. The second kappa shape index (κ2) is 5.35. The first-order chi connectivity index (χ1) is 8.16. The van der Waals surface area contributed by atoms with Gasteiger partial charge in [0.15, 0.2) is 5.78 Å². The predicted octanol–water partition coefficient (Wildman–Crippen LogP) is 3.77. The standard InChI is InChI=1S/C15H20O2/c1-11-7-8-14(12(2)16)15(9-11)17-10-13-5-3-4-6-13/h7-9,13H,3-6,10H2,1-2H3. The summed E-state index contributed by atoms with van der Waals surface area (Å²) in [5.74, 6) is 1.51. The van der Waals surface area contributed by atoms with E-state index in [1.54, 1.807) is 6.92 Å². The van der Waals surface area contributed by atoms with Crippen LogP contribution in [0.15, 0.2) is 18.2 Å². The largest absolute Gasteiger partial charge is 0.493 e. The van der Waals surface area contributed by atoms with Crippen LogP contribution in [0.2, 0.25) is 0 Å². The molecule has 1 fully saturated rings. The number of carbonyl (C=O) groups excluding carboxylic acids is 1. The molecule has 2 nitrogen and oxygen atoms in total. The van der Waals surface area contributed by atoms with Crippen molar-refractivity contribution in [2.45, 2.75) is 39.5 Å². The number of carbonyl (C=O) groups is 1. The summed E-state index contributed by atoms with van der Waals surface area (Å²) >= 11 is 0. The molecular weight excluding hydrogens is 212 g/mol. The zero-order valence-electron chi connectivity index (χ0n) is 10.7. The van der Waals surface area contributed by atoms with E-state index in [1.807, 2.05) is 25.1 Å². The third-order valence-electron chi connectivity index (χ3n) is 3.47. The van der Waals surface area contributed by atoms with E-state index in [-0.39, 0.29) is 5.78 Å². The molecular formula is C15H20O2. The Labute approximate surface area is 103 Å². The number of ether oxygens (including phenoxy) is 1. The van der Waals surface area contributed by atoms with Gasteiger partial charge in [0.25, 0.3) is 0 Å². The van der Waals surface area contributed by atoms with Gasteiger partial charge in [-0.1, -0.05) is 18.9 Å². The van der Waals surface area contributed by atoms with Gasteiger partial charge in [0.1, 0.15) is 5.75 Å². The SMILES string of the molecule is CC(=O)c1ccc(C)cc1OCC1CCCC1. The summed E-state index contributed by atoms with van der Waals surface area (Å²) in [6.07, 6.45) is 5.17. The molecule has 0 aromatic heterocycles. The van der Waals surface area contributed by atoms with Crippen molar-refractivity contribution >= 4 is 5.78 Å². The van der Waals surface area contributed by atoms with Crippen LogP contribution in [0.25, 0.3) is 0 Å². The molecule has 0 atom stereocenters. The Hall–Kier alpha value is -1.31. The highest BCUT2D eigenvalue weighted by molar-refractivity contribution is 5.96. The zero-order valence-corrected chi connectivity index (χ0v) is 10.7. The van der Waals surface area contributed by atoms with Crippen LogP contribution >= 0.6 is 0 Å². The predicted molar refractivity (Wildman–Crippen MR) is 68.6 cm³/mol. The molecule has 17 heavy (non-hydrogen) atoms. The maximum atomic E-state index is 11.5. The minimum absolute atomic E-state index is 0.0754. The van der Waals surface area contributed by atoms with Crippen molar-refractivity contribution in [1.82, 2.24) is 0 Å². The molecule has 1 aromatic carbocycles. The van der Waals surface area contributed by atoms with E-state index in [2.05, 4.69) is 0 Å². The van der Waals surface area contributed by atoms with Gasteiger partial charge < -0.3 is 4.74 Å². The van der Waals surface area contributed by atoms with Gasteiger partial charge in [-0.2, -0.15) is 0 Å². The van der Waals surface area contributed by atoms with Gasteiger partial charge in [0.05, 0.1) is 12.2 Å². The minimum atomic E-state index is 0.0754. The highest BCUT2D eigenvalue weighted by Gasteiger charge is 2.17. The molecule has 0 spiro atoms. The number of rotatable bonds is 4. The highest BCUT2D eigenvalue weighted by atomic mass is 16.5. The molecule has 1 aliphatic rings. The fourth-order valence-corrected chi connectivity index (χ4v) is 2.42. The van der Waals surface area contributed by atoms with Crippen molar-refractivity contribution < 1.29 is 9.53 Å². The normalized spacial score (nSPS) is 16.1. The van der Waals surface area contributed by atoms with Gasteiger partial charge in [-0.3, -0.25) is 4.79 Å². The lowest BCUT2D eigenvalue weighted by molar-refractivity contribution is 0.101. The molecule has 2 rings (SSSR count). The Bertz CT molecular complexity index is 403. The van der Waals surface area contributed by atoms with Crippen molar-refractivity contribution in [2.24, 2.45) is 5.92 Å². The molecule has 92 valence electrons. The lowest BCUT2D eigenvalue weighted by Gasteiger charge is -2.14. The van der Waals surface area contributed by atoms with Crippen LogP contribution in [0.3, 0.4) is 0 Å². The number of benzene rings is 1. The molecule has 1 saturated carbocycles. The van der Waals surface area contributed by atoms with Gasteiger partial charge >= 0.3 is 0 Å². The first-order valence-corrected chi connectivity index (χ1v) is 6.41. The molecule has 1 aliphatic carbocycles. The summed E-state index contributed by atoms with van der Waals surface area (Å²) in [5, 5.41) is 0. The van der Waals surface area contributed by atoms with Crippen molar-refractivity contribution in [3.63, 3.8) is 0 Å². The smallest absolute Gasteiger partial charge is 0.163 e. The monoisotopic (exact) mass is 232 g/mol. The Balaban J connectivity index is 2.07. The summed E-state index contributed by atoms with van der Waals surface area (Å²) in [6, 6.07) is 5.78. The van der Waals surface area contributed by atoms with E-state index in [4.69, 9.17) is 4.74 Å². The Morgan fingerprint density at radius 3 is 2.71 bits per heavy atom. The summed E-state index contributed by atoms with van der Waals surface area (Å²) in [4.78, 5) is 11.5. The maximum absolute atomic E-state index is 11.5. The van der Waals surface area contributed by atoms with E-state index >= 15 is 0 Å². The number of Topliss-reactive ketones (excluding diaryl/α,β-unsaturated/α-hetero) is 1. The van der Waals surface area contributed by atoms with Gasteiger partial charge in [0, 0.05) is 0 Å². The van der Waals surface area contributed by atoms with Crippen LogP contribution in [0.5, 0.6) is 5.75 Å². The maximum Gasteiger partial charge on any atom is 0.163 e. The second-order valence-corrected chi connectivity index (χ2v) is 5.02. The fourth-order valence-electron chi connectivity index (χ4n) is 2.42. The second-order valence-electron chi connectivity index (χ2n) is 5.02. The highest BCUT2D eigenvalue weighted by Crippen LogP contribution is 2.27. The first kappa shape index (κ1) is 12.2. The Kier molecular flexibility index (Phi) is 3.82. The first-order valence-electron chi connectivity index (χ1n) is 6.41. The average molecular weight is 232 g/mol. The van der Waals surface area contributed by atoms with Crippen LogP contribution in [0.4, 0.5) is 0 Å². The zero-order chi connectivity index (χ0) is 12.3. The quantitative estimate of drug-likeness (QED) is 0.739. The summed E-state index contributed by atoms with van der Waals surface area (Å²) < 4.78 is 5.84. The van der Waals surface area contributed by atoms with Gasteiger partial charge in [0.2, 0.25) is 0 Å². The van der Waals surface area contributed by atoms with Gasteiger partial charge in [-0.15, -0.1) is 0 Å². The number of hydrogen-bond acceptors (Lipinski definition) is 2. The van der Waals surface area contributed by atoms with E-state index in [9.17, 15) is 4.79 Å². The number of hydrogen-bond donors (Lipinski definition) is 0. The molecule has 0 heterocycles. The summed E-state index contributed by atoms with van der Waals surface area (Å²) in [5.41, 5.74) is 1.84. The lowest BCUT2D eigenvalue weighted by Crippen LogP contribution is -2.10. The molecule has 0 bridgehead atoms. The van der Waals surface area contributed by atoms with Crippen molar-refractivity contribution in [3.05, 3.63) is 29.3 Å². The van der Waals surface area contributed by atoms with Crippen LogP contribution in [-0.2, 0) is 0 Å². The molecule has 0 aliphatic heterocycles. The van der Waals surface area contributed by atoms with Crippen LogP contribution in [0.1, 0.15) is 48.5 Å². The molecule has 0 unspecified atom stereocenters. The van der Waals surface area contributed by atoms with Crippen molar-refractivity contribution in [3.8, 4) is 5.75 Å². The fraction of sp³-hybridized carbons (Fsp3) is 0.533. The third-order valence-corrected chi connectivity index (χ3v) is 3.47. The van der Waals surface area contributed by atoms with Crippen LogP contribution in [0, 0.1) is 12.8 Å². The Morgan fingerprint density at radius 2 is 2.06 bits per heavy atom. The van der Waals surface area contributed by atoms with Crippen LogP contribution < -0.4 is 4.74 Å². The van der Waals surface area contributed by atoms with Gasteiger partial charge in [-0.05, 0) is 50.3 Å². The summed E-state index contributed by atoms with van der Waals surface area (Å²) in [6.45, 7) is 4.36. The molecule has 2 heteroatoms. The van der Waals surface area contributed by atoms with E-state index in [0.717, 1.165) is 17.9 Å². The average Bonchev–Trinajstić information content (AvgIpc) is 2.78. The number of aryl methyl sites for hydroxylation is 1. The summed E-state index contributed by atoms with van der Waals surface area (Å²) in [7, 11) is 0. The molecule has 0 amide bonds. The lowest BCUT2D eigenvalue weighted by atomic mass is 10.1. The van der Waals surface area contributed by atoms with E-state index in [0.29, 0.717) is 11.5 Å². The molecule has 0 N–H and O–H groups in total. The van der Waals surface area contributed by atoms with Crippen LogP contribution in [-0.4, -0.2) is 12.4 Å². The van der Waals surface area contributed by atoms with Crippen molar-refractivity contribution in [2.75, 3.05) is 6.61 Å². The van der Waals surface area contributed by atoms with E-state index in [1.165, 1.54) is 25.7 Å². The minimum Gasteiger partial charge on any atom is -0.493 e.